The van der Waals surface area contributed by atoms with E-state index in [2.05, 4.69) is 43.4 Å². The standard InChI is InChI=1S/C17H18ClNO/c1-11(2)12-3-5-13(6-4-12)17-10-19-15-9-14(18)7-8-16(15)20-17/h3-9,11,17,19H,10H2,1-2H3. The Kier molecular flexibility index (Phi) is 3.58. The number of fused-ring (bicyclic) bond motifs is 1. The summed E-state index contributed by atoms with van der Waals surface area (Å²) in [6.45, 7) is 5.16. The third-order valence-electron chi connectivity index (χ3n) is 3.66. The van der Waals surface area contributed by atoms with Crippen molar-refractivity contribution < 1.29 is 4.74 Å². The molecule has 2 nitrogen and oxygen atoms in total. The van der Waals surface area contributed by atoms with Crippen molar-refractivity contribution in [3.8, 4) is 5.75 Å². The highest BCUT2D eigenvalue weighted by Gasteiger charge is 2.21. The molecule has 0 saturated heterocycles. The second-order valence-electron chi connectivity index (χ2n) is 5.45. The Bertz CT molecular complexity index is 607. The number of benzene rings is 2. The minimum absolute atomic E-state index is 0.0462. The van der Waals surface area contributed by atoms with Crippen LogP contribution >= 0.6 is 11.6 Å². The molecule has 0 saturated carbocycles. The Morgan fingerprint density at radius 2 is 1.90 bits per heavy atom. The minimum atomic E-state index is 0.0462. The summed E-state index contributed by atoms with van der Waals surface area (Å²) in [4.78, 5) is 0. The maximum absolute atomic E-state index is 6.05. The van der Waals surface area contributed by atoms with Gasteiger partial charge in [-0.05, 0) is 35.2 Å². The zero-order valence-electron chi connectivity index (χ0n) is 11.7. The lowest BCUT2D eigenvalue weighted by Gasteiger charge is -2.28. The average Bonchev–Trinajstić information content (AvgIpc) is 2.47. The van der Waals surface area contributed by atoms with E-state index < -0.39 is 0 Å². The van der Waals surface area contributed by atoms with Gasteiger partial charge in [-0.3, -0.25) is 0 Å². The Balaban J connectivity index is 1.81. The maximum Gasteiger partial charge on any atom is 0.143 e. The van der Waals surface area contributed by atoms with Gasteiger partial charge in [0.1, 0.15) is 11.9 Å². The van der Waals surface area contributed by atoms with Gasteiger partial charge in [-0.2, -0.15) is 0 Å². The summed E-state index contributed by atoms with van der Waals surface area (Å²) in [5, 5.41) is 4.10. The first-order valence-electron chi connectivity index (χ1n) is 6.93. The van der Waals surface area contributed by atoms with Crippen LogP contribution in [0, 0.1) is 0 Å². The molecule has 2 aromatic rings. The molecule has 0 radical (unpaired) electrons. The van der Waals surface area contributed by atoms with Crippen LogP contribution in [0.2, 0.25) is 5.02 Å². The van der Waals surface area contributed by atoms with Gasteiger partial charge in [0.25, 0.3) is 0 Å². The molecule has 1 heterocycles. The Labute approximate surface area is 124 Å². The molecule has 104 valence electrons. The predicted molar refractivity (Wildman–Crippen MR) is 83.8 cm³/mol. The van der Waals surface area contributed by atoms with E-state index in [0.29, 0.717) is 5.92 Å². The van der Waals surface area contributed by atoms with E-state index in [-0.39, 0.29) is 6.10 Å². The van der Waals surface area contributed by atoms with Gasteiger partial charge >= 0.3 is 0 Å². The van der Waals surface area contributed by atoms with E-state index in [4.69, 9.17) is 16.3 Å². The highest BCUT2D eigenvalue weighted by Crippen LogP contribution is 2.36. The smallest absolute Gasteiger partial charge is 0.143 e. The van der Waals surface area contributed by atoms with Crippen LogP contribution in [-0.2, 0) is 0 Å². The lowest BCUT2D eigenvalue weighted by atomic mass is 9.99. The van der Waals surface area contributed by atoms with Crippen molar-refractivity contribution in [3.05, 3.63) is 58.6 Å². The maximum atomic E-state index is 6.05. The summed E-state index contributed by atoms with van der Waals surface area (Å²) in [6, 6.07) is 14.3. The fourth-order valence-corrected chi connectivity index (χ4v) is 2.59. The largest absolute Gasteiger partial charge is 0.482 e. The fourth-order valence-electron chi connectivity index (χ4n) is 2.42. The molecule has 1 aliphatic rings. The van der Waals surface area contributed by atoms with E-state index in [0.717, 1.165) is 23.0 Å². The molecule has 1 N–H and O–H groups in total. The molecule has 0 bridgehead atoms. The SMILES string of the molecule is CC(C)c1ccc(C2CNc3cc(Cl)ccc3O2)cc1. The topological polar surface area (TPSA) is 21.3 Å². The highest BCUT2D eigenvalue weighted by atomic mass is 35.5. The molecule has 1 atom stereocenters. The number of nitrogens with one attached hydrogen (secondary N) is 1. The van der Waals surface area contributed by atoms with E-state index >= 15 is 0 Å². The van der Waals surface area contributed by atoms with Crippen LogP contribution in [-0.4, -0.2) is 6.54 Å². The zero-order valence-corrected chi connectivity index (χ0v) is 12.4. The molecule has 2 aromatic carbocycles. The van der Waals surface area contributed by atoms with Gasteiger partial charge in [-0.1, -0.05) is 49.7 Å². The molecule has 0 spiro atoms. The molecule has 0 aliphatic carbocycles. The third kappa shape index (κ3) is 2.61. The lowest BCUT2D eigenvalue weighted by molar-refractivity contribution is 0.210. The molecule has 1 aliphatic heterocycles. The van der Waals surface area contributed by atoms with Crippen molar-refractivity contribution >= 4 is 17.3 Å². The van der Waals surface area contributed by atoms with Crippen molar-refractivity contribution in [1.82, 2.24) is 0 Å². The molecule has 20 heavy (non-hydrogen) atoms. The van der Waals surface area contributed by atoms with E-state index in [1.54, 1.807) is 0 Å². The normalized spacial score (nSPS) is 17.3. The third-order valence-corrected chi connectivity index (χ3v) is 3.90. The van der Waals surface area contributed by atoms with Gasteiger partial charge in [0.15, 0.2) is 0 Å². The lowest BCUT2D eigenvalue weighted by Crippen LogP contribution is -2.23. The highest BCUT2D eigenvalue weighted by molar-refractivity contribution is 6.30. The Hall–Kier alpha value is -1.67. The van der Waals surface area contributed by atoms with Gasteiger partial charge in [0.05, 0.1) is 12.2 Å². The number of halogens is 1. The number of ether oxygens (including phenoxy) is 1. The summed E-state index contributed by atoms with van der Waals surface area (Å²) in [7, 11) is 0. The van der Waals surface area contributed by atoms with Crippen LogP contribution in [0.5, 0.6) is 5.75 Å². The number of anilines is 1. The summed E-state index contributed by atoms with van der Waals surface area (Å²) >= 11 is 5.98. The second kappa shape index (κ2) is 5.37. The van der Waals surface area contributed by atoms with E-state index in [1.807, 2.05) is 18.2 Å². The van der Waals surface area contributed by atoms with Crippen LogP contribution in [0.3, 0.4) is 0 Å². The van der Waals surface area contributed by atoms with Crippen molar-refractivity contribution in [2.24, 2.45) is 0 Å². The number of hydrogen-bond acceptors (Lipinski definition) is 2. The molecule has 0 aromatic heterocycles. The van der Waals surface area contributed by atoms with Gasteiger partial charge < -0.3 is 10.1 Å². The summed E-state index contributed by atoms with van der Waals surface area (Å²) in [5.74, 6) is 1.41. The number of hydrogen-bond donors (Lipinski definition) is 1. The van der Waals surface area contributed by atoms with Gasteiger partial charge in [-0.25, -0.2) is 0 Å². The van der Waals surface area contributed by atoms with Crippen molar-refractivity contribution in [1.29, 1.82) is 0 Å². The van der Waals surface area contributed by atoms with E-state index in [9.17, 15) is 0 Å². The van der Waals surface area contributed by atoms with Gasteiger partial charge in [0, 0.05) is 5.02 Å². The molecule has 0 amide bonds. The fraction of sp³-hybridized carbons (Fsp3) is 0.294. The zero-order chi connectivity index (χ0) is 14.1. The quantitative estimate of drug-likeness (QED) is 0.838. The first kappa shape index (κ1) is 13.3. The molecule has 3 rings (SSSR count). The predicted octanol–water partition coefficient (Wildman–Crippen LogP) is 5.01. The summed E-state index contributed by atoms with van der Waals surface area (Å²) in [5.41, 5.74) is 3.51. The van der Waals surface area contributed by atoms with Gasteiger partial charge in [-0.15, -0.1) is 0 Å². The minimum Gasteiger partial charge on any atom is -0.482 e. The second-order valence-corrected chi connectivity index (χ2v) is 5.89. The molecule has 3 heteroatoms. The van der Waals surface area contributed by atoms with Crippen molar-refractivity contribution in [2.75, 3.05) is 11.9 Å². The van der Waals surface area contributed by atoms with Crippen LogP contribution in [0.25, 0.3) is 0 Å². The molecule has 1 unspecified atom stereocenters. The monoisotopic (exact) mass is 287 g/mol. The molecule has 0 fully saturated rings. The first-order valence-corrected chi connectivity index (χ1v) is 7.31. The molecular formula is C17H18ClNO. The summed E-state index contributed by atoms with van der Waals surface area (Å²) in [6.07, 6.45) is 0.0462. The first-order chi connectivity index (χ1) is 9.63. The van der Waals surface area contributed by atoms with Crippen LogP contribution in [0.15, 0.2) is 42.5 Å². The Morgan fingerprint density at radius 1 is 1.15 bits per heavy atom. The Morgan fingerprint density at radius 3 is 2.60 bits per heavy atom. The van der Waals surface area contributed by atoms with Crippen LogP contribution in [0.1, 0.15) is 37.0 Å². The van der Waals surface area contributed by atoms with Crippen molar-refractivity contribution in [2.45, 2.75) is 25.9 Å². The number of rotatable bonds is 2. The van der Waals surface area contributed by atoms with Crippen LogP contribution < -0.4 is 10.1 Å². The van der Waals surface area contributed by atoms with Gasteiger partial charge in [0.2, 0.25) is 0 Å². The van der Waals surface area contributed by atoms with E-state index in [1.165, 1.54) is 11.1 Å². The van der Waals surface area contributed by atoms with Crippen molar-refractivity contribution in [3.63, 3.8) is 0 Å². The average molecular weight is 288 g/mol. The van der Waals surface area contributed by atoms with Crippen LogP contribution in [0.4, 0.5) is 5.69 Å². The molecular weight excluding hydrogens is 270 g/mol. The summed E-state index contributed by atoms with van der Waals surface area (Å²) < 4.78 is 6.05.